The monoisotopic (exact) mass is 338 g/mol. The lowest BCUT2D eigenvalue weighted by atomic mass is 10.2. The van der Waals surface area contributed by atoms with Crippen LogP contribution < -0.4 is 0 Å². The Balaban J connectivity index is 1.75. The molecular weight excluding hydrogens is 323 g/mol. The van der Waals surface area contributed by atoms with Crippen LogP contribution in [0.3, 0.4) is 0 Å². The highest BCUT2D eigenvalue weighted by Crippen LogP contribution is 2.33. The highest BCUT2D eigenvalue weighted by atomic mass is 32.2. The van der Waals surface area contributed by atoms with E-state index < -0.39 is 0 Å². The maximum absolute atomic E-state index is 13.7. The van der Waals surface area contributed by atoms with E-state index in [9.17, 15) is 9.18 Å². The average Bonchev–Trinajstić information content (AvgIpc) is 2.78. The van der Waals surface area contributed by atoms with Crippen molar-refractivity contribution >= 4 is 40.3 Å². The van der Waals surface area contributed by atoms with Gasteiger partial charge in [0.25, 0.3) is 5.91 Å². The SMILES string of the molecule is O=C1/C(=C\c2ccccc2F)SC(=S)N1CN1CCOCC1. The molecule has 7 heteroatoms. The molecule has 3 rings (SSSR count). The summed E-state index contributed by atoms with van der Waals surface area (Å²) in [6, 6.07) is 6.38. The van der Waals surface area contributed by atoms with Crippen molar-refractivity contribution in [3.05, 3.63) is 40.6 Å². The molecule has 0 bridgehead atoms. The van der Waals surface area contributed by atoms with Crippen LogP contribution in [0.25, 0.3) is 6.08 Å². The van der Waals surface area contributed by atoms with Crippen LogP contribution >= 0.6 is 24.0 Å². The van der Waals surface area contributed by atoms with Gasteiger partial charge in [0.15, 0.2) is 0 Å². The minimum atomic E-state index is -0.346. The lowest BCUT2D eigenvalue weighted by Crippen LogP contribution is -2.45. The first-order valence-electron chi connectivity index (χ1n) is 6.95. The summed E-state index contributed by atoms with van der Waals surface area (Å²) >= 11 is 6.51. The van der Waals surface area contributed by atoms with Crippen LogP contribution in [0.15, 0.2) is 29.2 Å². The van der Waals surface area contributed by atoms with Crippen LogP contribution in [0.2, 0.25) is 0 Å². The van der Waals surface area contributed by atoms with Crippen molar-refractivity contribution in [1.29, 1.82) is 0 Å². The third-order valence-corrected chi connectivity index (χ3v) is 4.89. The number of nitrogens with zero attached hydrogens (tertiary/aromatic N) is 2. The van der Waals surface area contributed by atoms with Gasteiger partial charge in [0.05, 0.1) is 24.8 Å². The largest absolute Gasteiger partial charge is 0.379 e. The van der Waals surface area contributed by atoms with E-state index in [0.29, 0.717) is 34.7 Å². The second-order valence-electron chi connectivity index (χ2n) is 5.00. The summed E-state index contributed by atoms with van der Waals surface area (Å²) in [4.78, 5) is 16.6. The van der Waals surface area contributed by atoms with Gasteiger partial charge in [0.2, 0.25) is 0 Å². The minimum absolute atomic E-state index is 0.162. The summed E-state index contributed by atoms with van der Waals surface area (Å²) in [7, 11) is 0. The number of thiocarbonyl (C=S) groups is 1. The quantitative estimate of drug-likeness (QED) is 0.624. The second-order valence-corrected chi connectivity index (χ2v) is 6.68. The van der Waals surface area contributed by atoms with E-state index >= 15 is 0 Å². The molecule has 22 heavy (non-hydrogen) atoms. The molecule has 2 aliphatic heterocycles. The fourth-order valence-corrected chi connectivity index (χ4v) is 3.53. The number of thioether (sulfide) groups is 1. The molecule has 0 atom stereocenters. The number of halogens is 1. The summed E-state index contributed by atoms with van der Waals surface area (Å²) in [5, 5.41) is 0. The number of hydrogen-bond donors (Lipinski definition) is 0. The first-order chi connectivity index (χ1) is 10.6. The Morgan fingerprint density at radius 1 is 1.32 bits per heavy atom. The molecule has 0 radical (unpaired) electrons. The molecule has 4 nitrogen and oxygen atoms in total. The first kappa shape index (κ1) is 15.6. The Morgan fingerprint density at radius 2 is 2.05 bits per heavy atom. The molecule has 1 aromatic rings. The maximum Gasteiger partial charge on any atom is 0.267 e. The number of benzene rings is 1. The predicted molar refractivity (Wildman–Crippen MR) is 88.7 cm³/mol. The molecule has 1 amide bonds. The number of rotatable bonds is 3. The fraction of sp³-hybridized carbons (Fsp3) is 0.333. The topological polar surface area (TPSA) is 32.8 Å². The summed E-state index contributed by atoms with van der Waals surface area (Å²) < 4.78 is 19.5. The van der Waals surface area contributed by atoms with Crippen LogP contribution in [-0.2, 0) is 9.53 Å². The Morgan fingerprint density at radius 3 is 2.77 bits per heavy atom. The highest BCUT2D eigenvalue weighted by Gasteiger charge is 2.33. The van der Waals surface area contributed by atoms with E-state index in [1.807, 2.05) is 0 Å². The summed E-state index contributed by atoms with van der Waals surface area (Å²) in [6.07, 6.45) is 1.56. The van der Waals surface area contributed by atoms with E-state index in [-0.39, 0.29) is 11.7 Å². The Kier molecular flexibility index (Phi) is 4.87. The van der Waals surface area contributed by atoms with Crippen molar-refractivity contribution in [3.8, 4) is 0 Å². The Hall–Kier alpha value is -1.28. The van der Waals surface area contributed by atoms with Crippen molar-refractivity contribution in [1.82, 2.24) is 9.80 Å². The second kappa shape index (κ2) is 6.87. The average molecular weight is 338 g/mol. The summed E-state index contributed by atoms with van der Waals surface area (Å²) in [5.74, 6) is -0.509. The zero-order valence-electron chi connectivity index (χ0n) is 11.8. The standard InChI is InChI=1S/C15H15FN2O2S2/c16-12-4-2-1-3-11(12)9-13-14(19)18(15(21)22-13)10-17-5-7-20-8-6-17/h1-4,9H,5-8,10H2/b13-9+. The zero-order chi connectivity index (χ0) is 15.5. The summed E-state index contributed by atoms with van der Waals surface area (Å²) in [5.41, 5.74) is 0.398. The summed E-state index contributed by atoms with van der Waals surface area (Å²) in [6.45, 7) is 3.36. The van der Waals surface area contributed by atoms with E-state index in [1.165, 1.54) is 17.8 Å². The number of morpholine rings is 1. The van der Waals surface area contributed by atoms with E-state index in [4.69, 9.17) is 17.0 Å². The Labute approximate surface area is 137 Å². The van der Waals surface area contributed by atoms with Crippen molar-refractivity contribution in [2.45, 2.75) is 0 Å². The molecule has 0 spiro atoms. The minimum Gasteiger partial charge on any atom is -0.379 e. The molecule has 2 fully saturated rings. The van der Waals surface area contributed by atoms with Gasteiger partial charge in [-0.15, -0.1) is 0 Å². The van der Waals surface area contributed by atoms with E-state index in [2.05, 4.69) is 4.90 Å². The smallest absolute Gasteiger partial charge is 0.267 e. The van der Waals surface area contributed by atoms with Gasteiger partial charge in [0.1, 0.15) is 10.1 Å². The van der Waals surface area contributed by atoms with Crippen LogP contribution in [-0.4, -0.2) is 53.0 Å². The Bertz CT molecular complexity index is 630. The lowest BCUT2D eigenvalue weighted by molar-refractivity contribution is -0.124. The molecule has 0 saturated carbocycles. The number of amides is 1. The van der Waals surface area contributed by atoms with E-state index in [1.54, 1.807) is 29.2 Å². The van der Waals surface area contributed by atoms with Gasteiger partial charge in [0, 0.05) is 18.7 Å². The molecule has 0 aliphatic carbocycles. The molecule has 0 aromatic heterocycles. The van der Waals surface area contributed by atoms with Gasteiger partial charge in [-0.3, -0.25) is 14.6 Å². The molecule has 2 aliphatic rings. The van der Waals surface area contributed by atoms with Gasteiger partial charge in [-0.25, -0.2) is 4.39 Å². The molecule has 2 saturated heterocycles. The van der Waals surface area contributed by atoms with E-state index in [0.717, 1.165) is 13.1 Å². The number of ether oxygens (including phenoxy) is 1. The van der Waals surface area contributed by atoms with Gasteiger partial charge in [-0.1, -0.05) is 42.2 Å². The number of hydrogen-bond acceptors (Lipinski definition) is 5. The van der Waals surface area contributed by atoms with Crippen molar-refractivity contribution in [3.63, 3.8) is 0 Å². The number of carbonyl (C=O) groups excluding carboxylic acids is 1. The maximum atomic E-state index is 13.7. The predicted octanol–water partition coefficient (Wildman–Crippen LogP) is 2.32. The first-order valence-corrected chi connectivity index (χ1v) is 8.17. The fourth-order valence-electron chi connectivity index (χ4n) is 2.30. The zero-order valence-corrected chi connectivity index (χ0v) is 13.5. The van der Waals surface area contributed by atoms with Crippen LogP contribution in [0.1, 0.15) is 5.56 Å². The lowest BCUT2D eigenvalue weighted by Gasteiger charge is -2.29. The molecule has 0 unspecified atom stereocenters. The van der Waals surface area contributed by atoms with Gasteiger partial charge in [-0.2, -0.15) is 0 Å². The van der Waals surface area contributed by atoms with Crippen molar-refractivity contribution in [2.24, 2.45) is 0 Å². The normalized spacial score (nSPS) is 21.9. The molecular formula is C15H15FN2O2S2. The van der Waals surface area contributed by atoms with Gasteiger partial charge < -0.3 is 4.74 Å². The van der Waals surface area contributed by atoms with Crippen LogP contribution in [0.4, 0.5) is 4.39 Å². The molecule has 1 aromatic carbocycles. The third-order valence-electron chi connectivity index (χ3n) is 3.51. The molecule has 116 valence electrons. The van der Waals surface area contributed by atoms with Gasteiger partial charge >= 0.3 is 0 Å². The highest BCUT2D eigenvalue weighted by molar-refractivity contribution is 8.26. The molecule has 0 N–H and O–H groups in total. The van der Waals surface area contributed by atoms with Crippen molar-refractivity contribution in [2.75, 3.05) is 33.0 Å². The third kappa shape index (κ3) is 3.38. The van der Waals surface area contributed by atoms with Crippen LogP contribution in [0, 0.1) is 5.82 Å². The van der Waals surface area contributed by atoms with Crippen molar-refractivity contribution < 1.29 is 13.9 Å². The van der Waals surface area contributed by atoms with Crippen LogP contribution in [0.5, 0.6) is 0 Å². The number of carbonyl (C=O) groups is 1. The molecule has 2 heterocycles. The van der Waals surface area contributed by atoms with Gasteiger partial charge in [-0.05, 0) is 12.1 Å².